The van der Waals surface area contributed by atoms with Crippen LogP contribution in [0.5, 0.6) is 0 Å². The number of carbonyl (C=O) groups is 2. The molecule has 0 aliphatic heterocycles. The van der Waals surface area contributed by atoms with Gasteiger partial charge in [-0.2, -0.15) is 0 Å². The van der Waals surface area contributed by atoms with Crippen LogP contribution in [0.2, 0.25) is 0 Å². The van der Waals surface area contributed by atoms with Gasteiger partial charge in [-0.25, -0.2) is 0 Å². The number of halogens is 1. The first-order valence-electron chi connectivity index (χ1n) is 7.72. The molecule has 0 amide bonds. The summed E-state index contributed by atoms with van der Waals surface area (Å²) < 4.78 is 5.03. The van der Waals surface area contributed by atoms with Crippen LogP contribution in [-0.4, -0.2) is 29.7 Å². The third-order valence-electron chi connectivity index (χ3n) is 3.24. The van der Waals surface area contributed by atoms with Crippen molar-refractivity contribution in [3.05, 3.63) is 0 Å². The number of esters is 1. The molecule has 0 fully saturated rings. The van der Waals surface area contributed by atoms with Gasteiger partial charge in [0.1, 0.15) is 6.04 Å². The quantitative estimate of drug-likeness (QED) is 0.401. The fraction of sp³-hybridized carbons (Fsp3) is 0.867. The van der Waals surface area contributed by atoms with Crippen molar-refractivity contribution in [1.82, 2.24) is 0 Å². The number of aliphatic carboxylic acids is 1. The standard InChI is InChI=1S/C15H29NO4.ClH/c1-2-3-4-5-6-7-8-9-12-20-14(17)11-10-13(16)15(18)19;/h13H,2-12,16H2,1H3,(H,18,19);1H/t13-;/m0./s1. The summed E-state index contributed by atoms with van der Waals surface area (Å²) in [4.78, 5) is 21.8. The number of carbonyl (C=O) groups excluding carboxylic acids is 1. The van der Waals surface area contributed by atoms with Crippen molar-refractivity contribution in [1.29, 1.82) is 0 Å². The highest BCUT2D eigenvalue weighted by atomic mass is 35.5. The average Bonchev–Trinajstić information content (AvgIpc) is 2.42. The molecule has 3 N–H and O–H groups in total. The third kappa shape index (κ3) is 15.4. The molecular weight excluding hydrogens is 294 g/mol. The summed E-state index contributed by atoms with van der Waals surface area (Å²) >= 11 is 0. The topological polar surface area (TPSA) is 89.6 Å². The fourth-order valence-corrected chi connectivity index (χ4v) is 1.89. The van der Waals surface area contributed by atoms with Crippen molar-refractivity contribution >= 4 is 24.3 Å². The second kappa shape index (κ2) is 15.6. The molecule has 0 bridgehead atoms. The molecule has 0 heterocycles. The minimum absolute atomic E-state index is 0. The Morgan fingerprint density at radius 1 is 1.05 bits per heavy atom. The Hall–Kier alpha value is -0.810. The first-order chi connectivity index (χ1) is 9.57. The van der Waals surface area contributed by atoms with E-state index in [1.807, 2.05) is 0 Å². The predicted octanol–water partition coefficient (Wildman–Crippen LogP) is 3.28. The molecule has 0 saturated carbocycles. The summed E-state index contributed by atoms with van der Waals surface area (Å²) in [5, 5.41) is 8.57. The largest absolute Gasteiger partial charge is 0.480 e. The molecule has 0 aromatic rings. The molecule has 6 heteroatoms. The highest BCUT2D eigenvalue weighted by Crippen LogP contribution is 2.08. The van der Waals surface area contributed by atoms with Crippen molar-refractivity contribution in [3.63, 3.8) is 0 Å². The van der Waals surface area contributed by atoms with E-state index in [1.165, 1.54) is 38.5 Å². The Kier molecular flexibility index (Phi) is 16.7. The maximum absolute atomic E-state index is 11.3. The number of unbranched alkanes of at least 4 members (excludes halogenated alkanes) is 7. The lowest BCUT2D eigenvalue weighted by Crippen LogP contribution is -2.30. The predicted molar refractivity (Wildman–Crippen MR) is 85.7 cm³/mol. The Labute approximate surface area is 134 Å². The van der Waals surface area contributed by atoms with Gasteiger partial charge in [0.2, 0.25) is 0 Å². The van der Waals surface area contributed by atoms with Gasteiger partial charge in [-0.05, 0) is 12.8 Å². The monoisotopic (exact) mass is 323 g/mol. The van der Waals surface area contributed by atoms with Gasteiger partial charge in [0, 0.05) is 6.42 Å². The molecule has 0 rings (SSSR count). The molecule has 0 radical (unpaired) electrons. The SMILES string of the molecule is CCCCCCCCCCOC(=O)CC[C@H](N)C(=O)O.Cl. The van der Waals surface area contributed by atoms with E-state index in [-0.39, 0.29) is 31.2 Å². The highest BCUT2D eigenvalue weighted by Gasteiger charge is 2.13. The summed E-state index contributed by atoms with van der Waals surface area (Å²) in [6.07, 6.45) is 9.79. The number of nitrogens with two attached hydrogens (primary N) is 1. The lowest BCUT2D eigenvalue weighted by Gasteiger charge is -2.07. The number of hydrogen-bond donors (Lipinski definition) is 2. The molecule has 5 nitrogen and oxygen atoms in total. The molecule has 0 aromatic heterocycles. The molecule has 21 heavy (non-hydrogen) atoms. The first kappa shape index (κ1) is 22.5. The maximum Gasteiger partial charge on any atom is 0.320 e. The molecular formula is C15H30ClNO4. The normalized spacial score (nSPS) is 11.5. The highest BCUT2D eigenvalue weighted by molar-refractivity contribution is 5.85. The van der Waals surface area contributed by atoms with Crippen LogP contribution in [0.15, 0.2) is 0 Å². The maximum atomic E-state index is 11.3. The van der Waals surface area contributed by atoms with Crippen LogP contribution >= 0.6 is 12.4 Å². The zero-order valence-corrected chi connectivity index (χ0v) is 13.8. The van der Waals surface area contributed by atoms with E-state index >= 15 is 0 Å². The van der Waals surface area contributed by atoms with E-state index < -0.39 is 12.0 Å². The Morgan fingerprint density at radius 3 is 2.10 bits per heavy atom. The number of rotatable bonds is 13. The lowest BCUT2D eigenvalue weighted by atomic mass is 10.1. The van der Waals surface area contributed by atoms with Crippen LogP contribution in [0.4, 0.5) is 0 Å². The van der Waals surface area contributed by atoms with Crippen LogP contribution in [-0.2, 0) is 14.3 Å². The smallest absolute Gasteiger partial charge is 0.320 e. The van der Waals surface area contributed by atoms with E-state index in [1.54, 1.807) is 0 Å². The van der Waals surface area contributed by atoms with Crippen molar-refractivity contribution in [2.45, 2.75) is 77.2 Å². The molecule has 0 aromatic carbocycles. The van der Waals surface area contributed by atoms with Crippen LogP contribution < -0.4 is 5.73 Å². The summed E-state index contributed by atoms with van der Waals surface area (Å²) in [7, 11) is 0. The van der Waals surface area contributed by atoms with E-state index in [4.69, 9.17) is 15.6 Å². The Morgan fingerprint density at radius 2 is 1.57 bits per heavy atom. The third-order valence-corrected chi connectivity index (χ3v) is 3.24. The fourth-order valence-electron chi connectivity index (χ4n) is 1.89. The number of hydrogen-bond acceptors (Lipinski definition) is 4. The van der Waals surface area contributed by atoms with Gasteiger partial charge in [0.05, 0.1) is 6.61 Å². The summed E-state index contributed by atoms with van der Waals surface area (Å²) in [6, 6.07) is -0.981. The van der Waals surface area contributed by atoms with Crippen LogP contribution in [0.1, 0.15) is 71.1 Å². The van der Waals surface area contributed by atoms with E-state index in [2.05, 4.69) is 6.92 Å². The van der Waals surface area contributed by atoms with E-state index in [9.17, 15) is 9.59 Å². The minimum Gasteiger partial charge on any atom is -0.480 e. The van der Waals surface area contributed by atoms with Gasteiger partial charge in [0.25, 0.3) is 0 Å². The molecule has 0 spiro atoms. The van der Waals surface area contributed by atoms with Crippen molar-refractivity contribution in [2.24, 2.45) is 5.73 Å². The van der Waals surface area contributed by atoms with Crippen molar-refractivity contribution < 1.29 is 19.4 Å². The minimum atomic E-state index is -1.08. The molecule has 126 valence electrons. The first-order valence-corrected chi connectivity index (χ1v) is 7.72. The zero-order chi connectivity index (χ0) is 15.2. The van der Waals surface area contributed by atoms with Crippen molar-refractivity contribution in [3.8, 4) is 0 Å². The van der Waals surface area contributed by atoms with E-state index in [0.29, 0.717) is 6.61 Å². The second-order valence-corrected chi connectivity index (χ2v) is 5.18. The Bertz CT molecular complexity index is 274. The van der Waals surface area contributed by atoms with Gasteiger partial charge in [-0.1, -0.05) is 51.9 Å². The van der Waals surface area contributed by atoms with Crippen LogP contribution in [0, 0.1) is 0 Å². The van der Waals surface area contributed by atoms with Gasteiger partial charge in [-0.3, -0.25) is 9.59 Å². The van der Waals surface area contributed by atoms with Crippen molar-refractivity contribution in [2.75, 3.05) is 6.61 Å². The second-order valence-electron chi connectivity index (χ2n) is 5.18. The summed E-state index contributed by atoms with van der Waals surface area (Å²) in [6.45, 7) is 2.63. The number of carboxylic acids is 1. The molecule has 0 unspecified atom stereocenters. The van der Waals surface area contributed by atoms with Gasteiger partial charge >= 0.3 is 11.9 Å². The molecule has 0 aliphatic carbocycles. The zero-order valence-electron chi connectivity index (χ0n) is 13.0. The molecule has 0 aliphatic rings. The summed E-state index contributed by atoms with van der Waals surface area (Å²) in [5.41, 5.74) is 5.30. The average molecular weight is 324 g/mol. The van der Waals surface area contributed by atoms with Gasteiger partial charge in [0.15, 0.2) is 0 Å². The number of carboxylic acid groups (broad SMARTS) is 1. The van der Waals surface area contributed by atoms with Crippen LogP contribution in [0.25, 0.3) is 0 Å². The summed E-state index contributed by atoms with van der Waals surface area (Å²) in [5.74, 6) is -1.44. The van der Waals surface area contributed by atoms with E-state index in [0.717, 1.165) is 12.8 Å². The van der Waals surface area contributed by atoms with Gasteiger partial charge < -0.3 is 15.6 Å². The van der Waals surface area contributed by atoms with Crippen LogP contribution in [0.3, 0.4) is 0 Å². The molecule has 1 atom stereocenters. The number of ether oxygens (including phenoxy) is 1. The Balaban J connectivity index is 0. The van der Waals surface area contributed by atoms with Gasteiger partial charge in [-0.15, -0.1) is 12.4 Å². The lowest BCUT2D eigenvalue weighted by molar-refractivity contribution is -0.144. The molecule has 0 saturated heterocycles.